The van der Waals surface area contributed by atoms with Crippen molar-refractivity contribution < 1.29 is 13.2 Å². The average Bonchev–Trinajstić information content (AvgIpc) is 2.38. The summed E-state index contributed by atoms with van der Waals surface area (Å²) in [5, 5.41) is 0. The number of benzene rings is 1. The van der Waals surface area contributed by atoms with Gasteiger partial charge < -0.3 is 4.90 Å². The van der Waals surface area contributed by atoms with E-state index in [0.717, 1.165) is 5.69 Å². The predicted octanol–water partition coefficient (Wildman–Crippen LogP) is 3.49. The zero-order chi connectivity index (χ0) is 14.9. The van der Waals surface area contributed by atoms with Crippen LogP contribution < -0.4 is 4.90 Å². The van der Waals surface area contributed by atoms with Gasteiger partial charge >= 0.3 is 6.18 Å². The Morgan fingerprint density at radius 1 is 1.10 bits per heavy atom. The maximum atomic E-state index is 13.0. The molecule has 112 valence electrons. The van der Waals surface area contributed by atoms with E-state index in [0.29, 0.717) is 19.0 Å². The first kappa shape index (κ1) is 15.2. The standard InChI is InChI=1S/C15H21F3N2/c1-11(2)12-4-6-13(7-5-12)20-9-8-19(3)14(10-20)15(16,17)18/h4-7,11,14H,8-10H2,1-3H3/t14-/m0/s1. The van der Waals surface area contributed by atoms with E-state index in [1.54, 1.807) is 0 Å². The van der Waals surface area contributed by atoms with E-state index in [4.69, 9.17) is 0 Å². The van der Waals surface area contributed by atoms with Crippen LogP contribution in [0.5, 0.6) is 0 Å². The van der Waals surface area contributed by atoms with Crippen LogP contribution in [0.15, 0.2) is 24.3 Å². The van der Waals surface area contributed by atoms with E-state index >= 15 is 0 Å². The summed E-state index contributed by atoms with van der Waals surface area (Å²) < 4.78 is 38.9. The van der Waals surface area contributed by atoms with Gasteiger partial charge in [-0.3, -0.25) is 4.90 Å². The van der Waals surface area contributed by atoms with Crippen LogP contribution in [-0.4, -0.2) is 43.8 Å². The average molecular weight is 286 g/mol. The van der Waals surface area contributed by atoms with Crippen LogP contribution >= 0.6 is 0 Å². The molecule has 1 aliphatic rings. The van der Waals surface area contributed by atoms with Gasteiger partial charge in [-0.05, 0) is 30.7 Å². The second-order valence-electron chi connectivity index (χ2n) is 5.73. The first-order valence-corrected chi connectivity index (χ1v) is 6.91. The molecule has 0 unspecified atom stereocenters. The number of rotatable bonds is 2. The van der Waals surface area contributed by atoms with Gasteiger partial charge in [0.2, 0.25) is 0 Å². The van der Waals surface area contributed by atoms with Crippen molar-refractivity contribution in [1.29, 1.82) is 0 Å². The summed E-state index contributed by atoms with van der Waals surface area (Å²) in [6.07, 6.45) is -4.18. The first-order valence-electron chi connectivity index (χ1n) is 6.91. The Bertz CT molecular complexity index is 439. The molecular formula is C15H21F3N2. The molecule has 1 fully saturated rings. The van der Waals surface area contributed by atoms with Crippen LogP contribution in [0.3, 0.4) is 0 Å². The van der Waals surface area contributed by atoms with Crippen molar-refractivity contribution in [3.8, 4) is 0 Å². The molecule has 0 spiro atoms. The van der Waals surface area contributed by atoms with Gasteiger partial charge in [0.15, 0.2) is 0 Å². The predicted molar refractivity (Wildman–Crippen MR) is 75.2 cm³/mol. The van der Waals surface area contributed by atoms with Crippen molar-refractivity contribution in [2.24, 2.45) is 0 Å². The molecule has 2 nitrogen and oxygen atoms in total. The molecule has 0 saturated carbocycles. The van der Waals surface area contributed by atoms with Crippen LogP contribution in [0.2, 0.25) is 0 Å². The first-order chi connectivity index (χ1) is 9.29. The molecule has 1 saturated heterocycles. The molecule has 0 aromatic heterocycles. The van der Waals surface area contributed by atoms with Gasteiger partial charge in [-0.1, -0.05) is 26.0 Å². The normalized spacial score (nSPS) is 21.6. The van der Waals surface area contributed by atoms with Gasteiger partial charge in [-0.2, -0.15) is 13.2 Å². The summed E-state index contributed by atoms with van der Waals surface area (Å²) in [4.78, 5) is 3.21. The summed E-state index contributed by atoms with van der Waals surface area (Å²) in [5.41, 5.74) is 2.08. The summed E-state index contributed by atoms with van der Waals surface area (Å²) in [5.74, 6) is 0.430. The molecule has 0 amide bonds. The van der Waals surface area contributed by atoms with E-state index in [-0.39, 0.29) is 6.54 Å². The maximum absolute atomic E-state index is 13.0. The summed E-state index contributed by atoms with van der Waals surface area (Å²) in [6, 6.07) is 6.46. The molecule has 1 heterocycles. The number of alkyl halides is 3. The number of hydrogen-bond acceptors (Lipinski definition) is 2. The fourth-order valence-electron chi connectivity index (χ4n) is 2.53. The van der Waals surface area contributed by atoms with Crippen molar-refractivity contribution in [3.63, 3.8) is 0 Å². The summed E-state index contributed by atoms with van der Waals surface area (Å²) in [7, 11) is 1.54. The highest BCUT2D eigenvalue weighted by Gasteiger charge is 2.45. The summed E-state index contributed by atoms with van der Waals surface area (Å²) >= 11 is 0. The third kappa shape index (κ3) is 3.26. The zero-order valence-electron chi connectivity index (χ0n) is 12.1. The monoisotopic (exact) mass is 286 g/mol. The topological polar surface area (TPSA) is 6.48 Å². The van der Waals surface area contributed by atoms with Crippen LogP contribution in [0.4, 0.5) is 18.9 Å². The lowest BCUT2D eigenvalue weighted by molar-refractivity contribution is -0.180. The molecular weight excluding hydrogens is 265 g/mol. The Kier molecular flexibility index (Phi) is 4.28. The molecule has 0 bridgehead atoms. The second kappa shape index (κ2) is 5.64. The van der Waals surface area contributed by atoms with Gasteiger partial charge in [0.05, 0.1) is 0 Å². The lowest BCUT2D eigenvalue weighted by Gasteiger charge is -2.41. The quantitative estimate of drug-likeness (QED) is 0.821. The van der Waals surface area contributed by atoms with E-state index in [2.05, 4.69) is 13.8 Å². The minimum absolute atomic E-state index is 0.00102. The van der Waals surface area contributed by atoms with E-state index in [1.165, 1.54) is 17.5 Å². The van der Waals surface area contributed by atoms with Crippen molar-refractivity contribution in [2.75, 3.05) is 31.6 Å². The number of nitrogens with zero attached hydrogens (tertiary/aromatic N) is 2. The number of likely N-dealkylation sites (N-methyl/N-ethyl adjacent to an activating group) is 1. The van der Waals surface area contributed by atoms with Gasteiger partial charge in [0, 0.05) is 25.3 Å². The van der Waals surface area contributed by atoms with Gasteiger partial charge in [-0.15, -0.1) is 0 Å². The Hall–Kier alpha value is -1.23. The largest absolute Gasteiger partial charge is 0.405 e. The Labute approximate surface area is 118 Å². The molecule has 0 radical (unpaired) electrons. The third-order valence-electron chi connectivity index (χ3n) is 3.95. The van der Waals surface area contributed by atoms with Crippen LogP contribution in [0.25, 0.3) is 0 Å². The molecule has 1 aromatic rings. The van der Waals surface area contributed by atoms with Crippen molar-refractivity contribution in [3.05, 3.63) is 29.8 Å². The third-order valence-corrected chi connectivity index (χ3v) is 3.95. The van der Waals surface area contributed by atoms with Crippen molar-refractivity contribution in [2.45, 2.75) is 32.0 Å². The van der Waals surface area contributed by atoms with Crippen LogP contribution in [0.1, 0.15) is 25.3 Å². The van der Waals surface area contributed by atoms with Gasteiger partial charge in [0.1, 0.15) is 6.04 Å². The lowest BCUT2D eigenvalue weighted by atomic mass is 10.0. The van der Waals surface area contributed by atoms with Crippen molar-refractivity contribution in [1.82, 2.24) is 4.90 Å². The Morgan fingerprint density at radius 2 is 1.70 bits per heavy atom. The smallest absolute Gasteiger partial charge is 0.368 e. The summed E-state index contributed by atoms with van der Waals surface area (Å²) in [6.45, 7) is 5.26. The number of halogens is 3. The molecule has 20 heavy (non-hydrogen) atoms. The van der Waals surface area contributed by atoms with E-state index in [9.17, 15) is 13.2 Å². The van der Waals surface area contributed by atoms with Gasteiger partial charge in [0.25, 0.3) is 0 Å². The molecule has 1 aromatic carbocycles. The second-order valence-corrected chi connectivity index (χ2v) is 5.73. The molecule has 0 aliphatic carbocycles. The minimum atomic E-state index is -4.18. The highest BCUT2D eigenvalue weighted by atomic mass is 19.4. The Balaban J connectivity index is 2.13. The number of piperazine rings is 1. The van der Waals surface area contributed by atoms with Gasteiger partial charge in [-0.25, -0.2) is 0 Å². The highest BCUT2D eigenvalue weighted by Crippen LogP contribution is 2.29. The molecule has 2 rings (SSSR count). The fourth-order valence-corrected chi connectivity index (χ4v) is 2.53. The number of hydrogen-bond donors (Lipinski definition) is 0. The van der Waals surface area contributed by atoms with Crippen LogP contribution in [-0.2, 0) is 0 Å². The van der Waals surface area contributed by atoms with E-state index < -0.39 is 12.2 Å². The van der Waals surface area contributed by atoms with Crippen molar-refractivity contribution >= 4 is 5.69 Å². The molecule has 5 heteroatoms. The highest BCUT2D eigenvalue weighted by molar-refractivity contribution is 5.48. The molecule has 1 aliphatic heterocycles. The SMILES string of the molecule is CC(C)c1ccc(N2CCN(C)[C@H](C(F)(F)F)C2)cc1. The molecule has 0 N–H and O–H groups in total. The maximum Gasteiger partial charge on any atom is 0.405 e. The Morgan fingerprint density at radius 3 is 2.20 bits per heavy atom. The van der Waals surface area contributed by atoms with E-state index in [1.807, 2.05) is 29.2 Å². The zero-order valence-corrected chi connectivity index (χ0v) is 12.1. The fraction of sp³-hybridized carbons (Fsp3) is 0.600. The molecule has 1 atom stereocenters. The number of anilines is 1. The van der Waals surface area contributed by atoms with Crippen LogP contribution in [0, 0.1) is 0 Å². The minimum Gasteiger partial charge on any atom is -0.368 e. The lowest BCUT2D eigenvalue weighted by Crippen LogP contribution is -2.57.